The highest BCUT2D eigenvalue weighted by molar-refractivity contribution is 5.89. The number of anilines is 1. The molecule has 4 rings (SSSR count). The average molecular weight is 450 g/mol. The molecular formula is C27H35N3O3. The molecule has 0 aliphatic carbocycles. The number of nitrogens with zero attached hydrogens (tertiary/aromatic N) is 3. The second kappa shape index (κ2) is 10.8. The zero-order chi connectivity index (χ0) is 23.2. The van der Waals surface area contributed by atoms with E-state index in [1.54, 1.807) is 0 Å². The van der Waals surface area contributed by atoms with Crippen LogP contribution in [0.4, 0.5) is 5.69 Å². The van der Waals surface area contributed by atoms with E-state index in [-0.39, 0.29) is 23.8 Å². The minimum absolute atomic E-state index is 0.0674. The van der Waals surface area contributed by atoms with Gasteiger partial charge in [-0.05, 0) is 42.5 Å². The molecule has 0 radical (unpaired) electrons. The third-order valence-electron chi connectivity index (χ3n) is 6.66. The smallest absolute Gasteiger partial charge is 0.228 e. The molecule has 6 heteroatoms. The molecule has 2 amide bonds. The number of hydrogen-bond acceptors (Lipinski definition) is 4. The summed E-state index contributed by atoms with van der Waals surface area (Å²) < 4.78 is 5.84. The quantitative estimate of drug-likeness (QED) is 0.589. The highest BCUT2D eigenvalue weighted by Gasteiger charge is 2.37. The average Bonchev–Trinajstić information content (AvgIpc) is 3.47. The van der Waals surface area contributed by atoms with Gasteiger partial charge < -0.3 is 19.4 Å². The molecule has 2 heterocycles. The van der Waals surface area contributed by atoms with E-state index in [1.165, 1.54) is 5.56 Å². The van der Waals surface area contributed by atoms with E-state index in [9.17, 15) is 9.59 Å². The van der Waals surface area contributed by atoms with E-state index in [0.717, 1.165) is 37.1 Å². The predicted octanol–water partition coefficient (Wildman–Crippen LogP) is 3.35. The zero-order valence-electron chi connectivity index (χ0n) is 19.8. The van der Waals surface area contributed by atoms with Crippen molar-refractivity contribution >= 4 is 17.5 Å². The standard InChI is InChI=1S/C27H35N3O3/c1-28(2)24-12-10-22(11-13-24)18-30(20-25-9-6-16-33-25)27(32)23-17-26(31)29(19-23)15-14-21-7-4-3-5-8-21/h3-5,7-8,10-13,23,25H,6,9,14-20H2,1-2H3. The third-order valence-corrected chi connectivity index (χ3v) is 6.66. The fraction of sp³-hybridized carbons (Fsp3) is 0.481. The van der Waals surface area contributed by atoms with E-state index in [2.05, 4.69) is 41.3 Å². The van der Waals surface area contributed by atoms with Crippen molar-refractivity contribution in [3.05, 3.63) is 65.7 Å². The second-order valence-corrected chi connectivity index (χ2v) is 9.39. The molecule has 0 saturated carbocycles. The Morgan fingerprint density at radius 2 is 1.82 bits per heavy atom. The topological polar surface area (TPSA) is 53.1 Å². The molecule has 2 atom stereocenters. The first kappa shape index (κ1) is 23.3. The maximum Gasteiger partial charge on any atom is 0.228 e. The molecule has 176 valence electrons. The van der Waals surface area contributed by atoms with Gasteiger partial charge in [0.05, 0.1) is 12.0 Å². The van der Waals surface area contributed by atoms with Crippen LogP contribution >= 0.6 is 0 Å². The monoisotopic (exact) mass is 449 g/mol. The Labute approximate surface area is 197 Å². The fourth-order valence-corrected chi connectivity index (χ4v) is 4.71. The normalized spacial score (nSPS) is 20.3. The third kappa shape index (κ3) is 6.14. The lowest BCUT2D eigenvalue weighted by molar-refractivity contribution is -0.138. The summed E-state index contributed by atoms with van der Waals surface area (Å²) in [6, 6.07) is 18.5. The number of carbonyl (C=O) groups excluding carboxylic acids is 2. The first-order valence-corrected chi connectivity index (χ1v) is 12.0. The SMILES string of the molecule is CN(C)c1ccc(CN(CC2CCCO2)C(=O)C2CC(=O)N(CCc3ccccc3)C2)cc1. The number of benzene rings is 2. The predicted molar refractivity (Wildman–Crippen MR) is 130 cm³/mol. The van der Waals surface area contributed by atoms with Crippen LogP contribution in [0.15, 0.2) is 54.6 Å². The Morgan fingerprint density at radius 1 is 1.06 bits per heavy atom. The van der Waals surface area contributed by atoms with Gasteiger partial charge in [-0.1, -0.05) is 42.5 Å². The van der Waals surface area contributed by atoms with Crippen LogP contribution in [0.2, 0.25) is 0 Å². The van der Waals surface area contributed by atoms with Gasteiger partial charge in [0.25, 0.3) is 0 Å². The molecule has 2 saturated heterocycles. The van der Waals surface area contributed by atoms with E-state index in [4.69, 9.17) is 4.74 Å². The summed E-state index contributed by atoms with van der Waals surface area (Å²) in [5, 5.41) is 0. The van der Waals surface area contributed by atoms with Crippen LogP contribution in [0.3, 0.4) is 0 Å². The largest absolute Gasteiger partial charge is 0.378 e. The fourth-order valence-electron chi connectivity index (χ4n) is 4.71. The molecule has 2 aliphatic heterocycles. The Balaban J connectivity index is 1.41. The van der Waals surface area contributed by atoms with Crippen molar-refractivity contribution in [2.75, 3.05) is 45.2 Å². The van der Waals surface area contributed by atoms with Gasteiger partial charge in [-0.2, -0.15) is 0 Å². The van der Waals surface area contributed by atoms with Crippen molar-refractivity contribution in [3.63, 3.8) is 0 Å². The van der Waals surface area contributed by atoms with Crippen molar-refractivity contribution in [1.82, 2.24) is 9.80 Å². The minimum atomic E-state index is -0.282. The molecule has 2 unspecified atom stereocenters. The molecule has 2 fully saturated rings. The Bertz CT molecular complexity index is 923. The lowest BCUT2D eigenvalue weighted by Crippen LogP contribution is -2.41. The minimum Gasteiger partial charge on any atom is -0.378 e. The van der Waals surface area contributed by atoms with Crippen LogP contribution in [0, 0.1) is 5.92 Å². The first-order chi connectivity index (χ1) is 16.0. The first-order valence-electron chi connectivity index (χ1n) is 12.0. The van der Waals surface area contributed by atoms with Gasteiger partial charge in [-0.15, -0.1) is 0 Å². The summed E-state index contributed by atoms with van der Waals surface area (Å²) in [7, 11) is 4.03. The maximum atomic E-state index is 13.6. The summed E-state index contributed by atoms with van der Waals surface area (Å²) in [6.07, 6.45) is 3.22. The Kier molecular flexibility index (Phi) is 7.65. The van der Waals surface area contributed by atoms with Crippen molar-refractivity contribution < 1.29 is 14.3 Å². The zero-order valence-corrected chi connectivity index (χ0v) is 19.8. The molecule has 0 N–H and O–H groups in total. The molecular weight excluding hydrogens is 414 g/mol. The van der Waals surface area contributed by atoms with Crippen LogP contribution in [0.25, 0.3) is 0 Å². The van der Waals surface area contributed by atoms with E-state index in [0.29, 0.717) is 32.6 Å². The van der Waals surface area contributed by atoms with Crippen LogP contribution in [-0.4, -0.2) is 68.1 Å². The van der Waals surface area contributed by atoms with Gasteiger partial charge in [-0.3, -0.25) is 9.59 Å². The summed E-state index contributed by atoms with van der Waals surface area (Å²) >= 11 is 0. The van der Waals surface area contributed by atoms with Crippen LogP contribution < -0.4 is 4.90 Å². The lowest BCUT2D eigenvalue weighted by Gasteiger charge is -2.28. The molecule has 0 bridgehead atoms. The van der Waals surface area contributed by atoms with E-state index >= 15 is 0 Å². The molecule has 6 nitrogen and oxygen atoms in total. The van der Waals surface area contributed by atoms with Crippen LogP contribution in [-0.2, 0) is 27.3 Å². The number of likely N-dealkylation sites (tertiary alicyclic amines) is 1. The molecule has 2 aromatic rings. The number of amides is 2. The Morgan fingerprint density at radius 3 is 2.48 bits per heavy atom. The summed E-state index contributed by atoms with van der Waals surface area (Å²) in [5.41, 5.74) is 3.43. The number of ether oxygens (including phenoxy) is 1. The van der Waals surface area contributed by atoms with Gasteiger partial charge in [0.1, 0.15) is 0 Å². The van der Waals surface area contributed by atoms with Gasteiger partial charge in [0.2, 0.25) is 11.8 Å². The van der Waals surface area contributed by atoms with Gasteiger partial charge in [0, 0.05) is 59.0 Å². The van der Waals surface area contributed by atoms with Gasteiger partial charge in [0.15, 0.2) is 0 Å². The van der Waals surface area contributed by atoms with E-state index in [1.807, 2.05) is 42.1 Å². The number of hydrogen-bond donors (Lipinski definition) is 0. The van der Waals surface area contributed by atoms with Crippen LogP contribution in [0.1, 0.15) is 30.4 Å². The number of rotatable bonds is 9. The second-order valence-electron chi connectivity index (χ2n) is 9.39. The number of carbonyl (C=O) groups is 2. The lowest BCUT2D eigenvalue weighted by atomic mass is 10.1. The molecule has 2 aliphatic rings. The van der Waals surface area contributed by atoms with Crippen molar-refractivity contribution in [2.24, 2.45) is 5.92 Å². The summed E-state index contributed by atoms with van der Waals surface area (Å²) in [6.45, 7) is 3.06. The summed E-state index contributed by atoms with van der Waals surface area (Å²) in [4.78, 5) is 32.1. The van der Waals surface area contributed by atoms with Crippen molar-refractivity contribution in [3.8, 4) is 0 Å². The molecule has 0 aromatic heterocycles. The highest BCUT2D eigenvalue weighted by Crippen LogP contribution is 2.24. The summed E-state index contributed by atoms with van der Waals surface area (Å²) in [5.74, 6) is -0.134. The van der Waals surface area contributed by atoms with Gasteiger partial charge in [-0.25, -0.2) is 0 Å². The van der Waals surface area contributed by atoms with Crippen molar-refractivity contribution in [2.45, 2.75) is 38.3 Å². The van der Waals surface area contributed by atoms with Gasteiger partial charge >= 0.3 is 0 Å². The van der Waals surface area contributed by atoms with Crippen LogP contribution in [0.5, 0.6) is 0 Å². The molecule has 33 heavy (non-hydrogen) atoms. The highest BCUT2D eigenvalue weighted by atomic mass is 16.5. The Hall–Kier alpha value is -2.86. The maximum absolute atomic E-state index is 13.6. The van der Waals surface area contributed by atoms with E-state index < -0.39 is 0 Å². The molecule has 2 aromatic carbocycles. The molecule has 0 spiro atoms. The van der Waals surface area contributed by atoms with Crippen molar-refractivity contribution in [1.29, 1.82) is 0 Å².